The number of halogens is 2. The Morgan fingerprint density at radius 1 is 0.869 bits per heavy atom. The maximum Gasteiger partial charge on any atom is 0.214 e. The Morgan fingerprint density at radius 3 is 2.00 bits per heavy atom. The number of alkyl halides is 1. The van der Waals surface area contributed by atoms with Crippen molar-refractivity contribution < 1.29 is 9.00 Å². The molecule has 4 fully saturated rings. The molecule has 5 N–H and O–H groups in total. The summed E-state index contributed by atoms with van der Waals surface area (Å²) >= 11 is 6.27. The van der Waals surface area contributed by atoms with Crippen LogP contribution in [0.5, 0.6) is 0 Å². The molecule has 2 aliphatic heterocycles. The highest BCUT2D eigenvalue weighted by Gasteiger charge is 2.49. The fraction of sp³-hybridized carbons (Fsp3) is 0.568. The van der Waals surface area contributed by atoms with Crippen LogP contribution in [0.1, 0.15) is 118 Å². The predicted octanol–water partition coefficient (Wildman–Crippen LogP) is 8.35. The predicted molar refractivity (Wildman–Crippen MR) is 255 cm³/mol. The number of fused-ring (bicyclic) bond motifs is 3. The van der Waals surface area contributed by atoms with Crippen LogP contribution in [0.4, 0.5) is 15.4 Å². The number of imidazole rings is 1. The summed E-state index contributed by atoms with van der Waals surface area (Å²) < 4.78 is 18.1. The number of Topliss-reactive ketones (excluding diaryl/α,β-unsaturated/α-hetero) is 1. The zero-order valence-corrected chi connectivity index (χ0v) is 40.1. The van der Waals surface area contributed by atoms with Gasteiger partial charge in [0, 0.05) is 44.1 Å². The van der Waals surface area contributed by atoms with E-state index in [1.54, 1.807) is 11.3 Å². The van der Waals surface area contributed by atoms with Gasteiger partial charge in [-0.25, -0.2) is 18.4 Å². The van der Waals surface area contributed by atoms with Gasteiger partial charge in [-0.15, -0.1) is 27.7 Å². The number of anilines is 3. The van der Waals surface area contributed by atoms with Gasteiger partial charge in [-0.2, -0.15) is 0 Å². The first kappa shape index (κ1) is 44.6. The highest BCUT2D eigenvalue weighted by Crippen LogP contribution is 2.53. The Morgan fingerprint density at radius 2 is 1.46 bits per heavy atom. The van der Waals surface area contributed by atoms with Crippen molar-refractivity contribution in [2.45, 2.75) is 108 Å². The second-order valence-corrected chi connectivity index (χ2v) is 23.2. The van der Waals surface area contributed by atoms with Crippen molar-refractivity contribution >= 4 is 88.1 Å². The molecule has 5 aromatic rings. The van der Waals surface area contributed by atoms with Gasteiger partial charge in [-0.3, -0.25) is 4.79 Å². The lowest BCUT2D eigenvalue weighted by atomic mass is 9.73. The van der Waals surface area contributed by atoms with Gasteiger partial charge in [-0.05, 0) is 118 Å². The minimum absolute atomic E-state index is 0. The summed E-state index contributed by atoms with van der Waals surface area (Å²) in [6.07, 6.45) is 13.5. The molecular formula is C44H58BrClN10O2S3. The lowest BCUT2D eigenvalue weighted by molar-refractivity contribution is -0.117. The molecule has 5 heterocycles. The standard InChI is InChI=1S/C20H23N5S.C19H27N5OS2.C5H7BrO.ClH/c21-17-15-4-2-1-3-14(15)11-20(17)7-9-24(10-8-20)19-23-25-12-16(13-5-6-13)22-18(25)26-19;1-18(2,3)27(25)23-15-14-7-5-4-6-13(14)12-19(15)8-10-24(11-9-19)17-22-21-16(20)26-17;6-3-5(7)4-1-2-4;/h1-4,12-13,17H,5-11,21H2;4-7,15,23H,8-12H2,1-3H3,(H2,20,21);4H,1-3H2;1H/t17-;15-,27-;;/m11../s1. The molecule has 12 nitrogen and oxygen atoms in total. The van der Waals surface area contributed by atoms with Crippen LogP contribution in [0.25, 0.3) is 4.96 Å². The molecule has 3 aromatic heterocycles. The van der Waals surface area contributed by atoms with Gasteiger partial charge in [0.1, 0.15) is 5.78 Å². The first-order chi connectivity index (χ1) is 28.8. The Kier molecular flexibility index (Phi) is 13.1. The van der Waals surface area contributed by atoms with E-state index in [1.807, 2.05) is 25.3 Å². The third-order valence-corrected chi connectivity index (χ3v) is 17.5. The second kappa shape index (κ2) is 17.9. The van der Waals surface area contributed by atoms with Crippen LogP contribution in [0.15, 0.2) is 54.7 Å². The van der Waals surface area contributed by atoms with E-state index >= 15 is 0 Å². The summed E-state index contributed by atoms with van der Waals surface area (Å²) in [5, 5.41) is 16.0. The number of hydrogen-bond acceptors (Lipinski definition) is 12. The third-order valence-electron chi connectivity index (χ3n) is 13.6. The van der Waals surface area contributed by atoms with Gasteiger partial charge in [-0.1, -0.05) is 87.1 Å². The first-order valence-corrected chi connectivity index (χ1v) is 25.4. The van der Waals surface area contributed by atoms with E-state index in [2.05, 4.69) is 95.4 Å². The van der Waals surface area contributed by atoms with Gasteiger partial charge in [0.2, 0.25) is 20.4 Å². The van der Waals surface area contributed by atoms with Crippen LogP contribution < -0.4 is 26.0 Å². The summed E-state index contributed by atoms with van der Waals surface area (Å²) in [5.74, 6) is 1.49. The molecule has 4 aliphatic carbocycles. The van der Waals surface area contributed by atoms with Gasteiger partial charge >= 0.3 is 0 Å². The van der Waals surface area contributed by atoms with Crippen LogP contribution >= 0.6 is 51.0 Å². The third kappa shape index (κ3) is 9.33. The minimum atomic E-state index is -1.10. The number of hydrogen-bond donors (Lipinski definition) is 3. The van der Waals surface area contributed by atoms with Crippen LogP contribution in [0.3, 0.4) is 0 Å². The monoisotopic (exact) mass is 968 g/mol. The molecule has 2 saturated heterocycles. The van der Waals surface area contributed by atoms with E-state index in [0.717, 1.165) is 92.8 Å². The lowest BCUT2D eigenvalue weighted by Crippen LogP contribution is -2.47. The molecule has 6 aliphatic rings. The molecule has 0 radical (unpaired) electrons. The number of benzene rings is 2. The number of rotatable bonds is 7. The highest BCUT2D eigenvalue weighted by molar-refractivity contribution is 9.09. The molecule has 0 bridgehead atoms. The SMILES string of the molecule is CC(C)(C)[S@@](=O)N[C@@H]1c2ccccc2CC12CCN(c1nnc(N)s1)CC2.Cl.N[C@@H]1c2ccccc2CC12CCN(c1nn3cc(C4CC4)nc3s1)CC2.O=C(CBr)C1CC1. The topological polar surface area (TPSA) is 161 Å². The molecule has 0 amide bonds. The number of aromatic nitrogens is 5. The fourth-order valence-corrected chi connectivity index (χ4v) is 12.6. The van der Waals surface area contributed by atoms with Crippen molar-refractivity contribution in [3.8, 4) is 0 Å². The number of ketones is 1. The number of piperidine rings is 2. The van der Waals surface area contributed by atoms with Gasteiger partial charge in [0.25, 0.3) is 0 Å². The normalized spacial score (nSPS) is 22.8. The molecule has 17 heteroatoms. The van der Waals surface area contributed by atoms with E-state index in [4.69, 9.17) is 21.5 Å². The van der Waals surface area contributed by atoms with Crippen LogP contribution in [-0.4, -0.2) is 71.0 Å². The second-order valence-electron chi connectivity index (χ2n) is 18.7. The van der Waals surface area contributed by atoms with Crippen molar-refractivity contribution in [3.05, 3.63) is 82.7 Å². The van der Waals surface area contributed by atoms with Crippen LogP contribution in [-0.2, 0) is 28.6 Å². The number of nitrogens with zero attached hydrogens (tertiary/aromatic N) is 7. The average molecular weight is 971 g/mol. The number of nitrogens with one attached hydrogen (secondary N) is 1. The van der Waals surface area contributed by atoms with Crippen LogP contribution in [0.2, 0.25) is 0 Å². The van der Waals surface area contributed by atoms with Crippen LogP contribution in [0, 0.1) is 16.7 Å². The van der Waals surface area contributed by atoms with E-state index in [0.29, 0.717) is 28.1 Å². The molecule has 2 saturated carbocycles. The van der Waals surface area contributed by atoms with Gasteiger partial charge < -0.3 is 21.3 Å². The van der Waals surface area contributed by atoms with Crippen molar-refractivity contribution in [2.24, 2.45) is 22.5 Å². The molecule has 2 aromatic carbocycles. The average Bonchev–Trinajstić information content (AvgIpc) is 4.11. The molecule has 2 spiro atoms. The Balaban J connectivity index is 0.000000143. The highest BCUT2D eigenvalue weighted by atomic mass is 79.9. The summed E-state index contributed by atoms with van der Waals surface area (Å²) in [6.45, 7) is 9.97. The van der Waals surface area contributed by atoms with Crippen molar-refractivity contribution in [3.63, 3.8) is 0 Å². The quantitative estimate of drug-likeness (QED) is 0.135. The van der Waals surface area contributed by atoms with Crippen molar-refractivity contribution in [1.29, 1.82) is 0 Å². The summed E-state index contributed by atoms with van der Waals surface area (Å²) in [6, 6.07) is 17.6. The van der Waals surface area contributed by atoms with Gasteiger partial charge in [0.05, 0.1) is 39.0 Å². The Bertz CT molecular complexity index is 2320. The maximum absolute atomic E-state index is 12.9. The van der Waals surface area contributed by atoms with E-state index in [1.165, 1.54) is 52.1 Å². The Labute approximate surface area is 384 Å². The fourth-order valence-electron chi connectivity index (χ4n) is 9.60. The summed E-state index contributed by atoms with van der Waals surface area (Å²) in [7, 11) is -1.10. The smallest absolute Gasteiger partial charge is 0.214 e. The first-order valence-electron chi connectivity index (χ1n) is 21.5. The molecule has 0 unspecified atom stereocenters. The number of nitrogens with two attached hydrogens (primary N) is 2. The summed E-state index contributed by atoms with van der Waals surface area (Å²) in [5.41, 5.74) is 19.5. The zero-order valence-electron chi connectivity index (χ0n) is 35.2. The number of carbonyl (C=O) groups excluding carboxylic acids is 1. The van der Waals surface area contributed by atoms with E-state index in [-0.39, 0.29) is 40.1 Å². The Hall–Kier alpha value is -2.99. The molecule has 61 heavy (non-hydrogen) atoms. The number of nitrogen functional groups attached to an aromatic ring is 1. The molecule has 328 valence electrons. The molecule has 11 rings (SSSR count). The lowest BCUT2D eigenvalue weighted by Gasteiger charge is -2.43. The van der Waals surface area contributed by atoms with E-state index in [9.17, 15) is 9.00 Å². The zero-order chi connectivity index (χ0) is 41.8. The van der Waals surface area contributed by atoms with Crippen molar-refractivity contribution in [1.82, 2.24) is 29.5 Å². The minimum Gasteiger partial charge on any atom is -0.374 e. The maximum atomic E-state index is 12.9. The van der Waals surface area contributed by atoms with Gasteiger partial charge in [0.15, 0.2) is 0 Å². The molecule has 3 atom stereocenters. The van der Waals surface area contributed by atoms with Crippen molar-refractivity contribution in [2.75, 3.05) is 47.0 Å². The van der Waals surface area contributed by atoms with E-state index < -0.39 is 11.0 Å². The largest absolute Gasteiger partial charge is 0.374 e. The number of carbonyl (C=O) groups is 1. The summed E-state index contributed by atoms with van der Waals surface area (Å²) in [4.78, 5) is 21.0. The molecular weight excluding hydrogens is 912 g/mol.